The van der Waals surface area contributed by atoms with Gasteiger partial charge in [-0.05, 0) is 77.5 Å². The number of furan rings is 1. The molecule has 4 aromatic carbocycles. The van der Waals surface area contributed by atoms with Gasteiger partial charge in [0.25, 0.3) is 0 Å². The van der Waals surface area contributed by atoms with E-state index < -0.39 is 8.07 Å². The summed E-state index contributed by atoms with van der Waals surface area (Å²) in [5.74, 6) is 1.47. The van der Waals surface area contributed by atoms with Crippen molar-refractivity contribution in [2.75, 3.05) is 0 Å². The Hall–Kier alpha value is -4.68. The van der Waals surface area contributed by atoms with Crippen LogP contribution in [-0.4, -0.2) is 27.6 Å². The molecule has 0 bridgehead atoms. The van der Waals surface area contributed by atoms with Crippen LogP contribution in [0, 0.1) is 25.0 Å². The molecule has 277 valence electrons. The van der Waals surface area contributed by atoms with Gasteiger partial charge >= 0.3 is 0 Å². The van der Waals surface area contributed by atoms with Gasteiger partial charge in [-0.25, -0.2) is 4.98 Å². The first-order chi connectivity index (χ1) is 25.3. The number of fused-ring (bicyclic) bond motifs is 4. The van der Waals surface area contributed by atoms with Crippen LogP contribution in [0.1, 0.15) is 51.4 Å². The van der Waals surface area contributed by atoms with Crippen molar-refractivity contribution < 1.29 is 24.5 Å². The Bertz CT molecular complexity index is 2540. The summed E-state index contributed by atoms with van der Waals surface area (Å²) in [4.78, 5) is 14.3. The number of pyridine rings is 2. The van der Waals surface area contributed by atoms with E-state index in [9.17, 15) is 0 Å². The number of imidazole rings is 1. The Kier molecular flexibility index (Phi) is 11.3. The minimum Gasteiger partial charge on any atom is -0.486 e. The Morgan fingerprint density at radius 3 is 2.24 bits per heavy atom. The third-order valence-electron chi connectivity index (χ3n) is 9.62. The quantitative estimate of drug-likeness (QED) is 0.123. The molecule has 54 heavy (non-hydrogen) atoms. The van der Waals surface area contributed by atoms with Crippen LogP contribution >= 0.6 is 0 Å². The van der Waals surface area contributed by atoms with Crippen molar-refractivity contribution in [3.63, 3.8) is 0 Å². The van der Waals surface area contributed by atoms with E-state index in [1.54, 1.807) is 0 Å². The van der Waals surface area contributed by atoms with E-state index in [4.69, 9.17) is 9.40 Å². The number of hydrogen-bond donors (Lipinski definition) is 0. The zero-order chi connectivity index (χ0) is 37.5. The molecule has 0 saturated heterocycles. The number of benzene rings is 4. The maximum atomic E-state index is 6.27. The second kappa shape index (κ2) is 15.6. The molecule has 4 aromatic heterocycles. The largest absolute Gasteiger partial charge is 0.486 e. The van der Waals surface area contributed by atoms with E-state index in [2.05, 4.69) is 136 Å². The van der Waals surface area contributed by atoms with Crippen LogP contribution < -0.4 is 5.19 Å². The number of rotatable bonds is 6. The molecule has 8 aromatic rings. The molecule has 0 atom stereocenters. The van der Waals surface area contributed by atoms with Gasteiger partial charge in [0.05, 0.1) is 30.5 Å². The van der Waals surface area contributed by atoms with Crippen molar-refractivity contribution >= 4 is 46.4 Å². The van der Waals surface area contributed by atoms with Crippen molar-refractivity contribution in [2.45, 2.75) is 73.0 Å². The summed E-state index contributed by atoms with van der Waals surface area (Å²) in [6, 6.07) is 42.0. The summed E-state index contributed by atoms with van der Waals surface area (Å²) in [5.41, 5.74) is 11.2. The van der Waals surface area contributed by atoms with Gasteiger partial charge in [-0.15, -0.1) is 54.1 Å². The number of hydrogen-bond acceptors (Lipinski definition) is 4. The maximum Gasteiger partial charge on any atom is 0.216 e. The van der Waals surface area contributed by atoms with E-state index in [1.807, 2.05) is 61.5 Å². The van der Waals surface area contributed by atoms with Crippen LogP contribution in [0.4, 0.5) is 0 Å². The van der Waals surface area contributed by atoms with E-state index in [1.165, 1.54) is 16.3 Å². The van der Waals surface area contributed by atoms with Gasteiger partial charge in [-0.3, -0.25) is 4.98 Å². The van der Waals surface area contributed by atoms with Crippen molar-refractivity contribution in [2.24, 2.45) is 5.92 Å². The van der Waals surface area contributed by atoms with Gasteiger partial charge in [-0.1, -0.05) is 101 Å². The molecule has 8 rings (SSSR count). The summed E-state index contributed by atoms with van der Waals surface area (Å²) in [5, 5.41) is 3.52. The normalized spacial score (nSPS) is 11.9. The SMILES string of the molecule is CC(C)Cc1cc(-c2[c-]cccc2)ncc1[Si](C)(C)C.Cc1ccc2c(n1)oc1c(-c3nc4ccccc4n3-c3ccc(C(C)(C)C)cc3)[c-]ccc12.[Ir]. The first-order valence-corrected chi connectivity index (χ1v) is 22.0. The smallest absolute Gasteiger partial charge is 0.216 e. The Morgan fingerprint density at radius 1 is 0.815 bits per heavy atom. The van der Waals surface area contributed by atoms with Crippen molar-refractivity contribution in [3.8, 4) is 28.3 Å². The fourth-order valence-corrected chi connectivity index (χ4v) is 8.52. The molecule has 0 unspecified atom stereocenters. The van der Waals surface area contributed by atoms with Crippen LogP contribution in [0.5, 0.6) is 0 Å². The van der Waals surface area contributed by atoms with Crippen LogP contribution in [0.3, 0.4) is 0 Å². The molecule has 5 nitrogen and oxygen atoms in total. The van der Waals surface area contributed by atoms with E-state index in [0.29, 0.717) is 11.6 Å². The monoisotopic (exact) mass is 905 g/mol. The Labute approximate surface area is 334 Å². The van der Waals surface area contributed by atoms with E-state index >= 15 is 0 Å². The predicted octanol–water partition coefficient (Wildman–Crippen LogP) is 11.7. The molecular formula is C47H48IrN4OSi-2. The van der Waals surface area contributed by atoms with Crippen LogP contribution in [0.2, 0.25) is 19.6 Å². The Morgan fingerprint density at radius 2 is 1.56 bits per heavy atom. The second-order valence-electron chi connectivity index (χ2n) is 16.4. The average molecular weight is 905 g/mol. The van der Waals surface area contributed by atoms with E-state index in [-0.39, 0.29) is 25.5 Å². The number of nitrogens with zero attached hydrogens (tertiary/aromatic N) is 4. The number of para-hydroxylation sites is 2. The van der Waals surface area contributed by atoms with Crippen molar-refractivity contribution in [1.82, 2.24) is 19.5 Å². The molecule has 0 aliphatic rings. The topological polar surface area (TPSA) is 56.7 Å². The van der Waals surface area contributed by atoms with Crippen molar-refractivity contribution in [3.05, 3.63) is 138 Å². The third-order valence-corrected chi connectivity index (χ3v) is 11.7. The fourth-order valence-electron chi connectivity index (χ4n) is 6.93. The third kappa shape index (κ3) is 8.05. The number of aromatic nitrogens is 4. The summed E-state index contributed by atoms with van der Waals surface area (Å²) in [6.45, 7) is 20.4. The minimum absolute atomic E-state index is 0. The molecular weight excluding hydrogens is 857 g/mol. The van der Waals surface area contributed by atoms with Crippen molar-refractivity contribution in [1.29, 1.82) is 0 Å². The fraction of sp³-hybridized carbons (Fsp3) is 0.255. The van der Waals surface area contributed by atoms with Gasteiger partial charge < -0.3 is 14.0 Å². The Balaban J connectivity index is 0.000000205. The molecule has 7 heteroatoms. The molecule has 0 saturated carbocycles. The minimum atomic E-state index is -1.34. The molecule has 0 aliphatic heterocycles. The first kappa shape index (κ1) is 39.0. The molecule has 1 radical (unpaired) electrons. The second-order valence-corrected chi connectivity index (χ2v) is 21.4. The van der Waals surface area contributed by atoms with Crippen LogP contribution in [0.15, 0.2) is 114 Å². The first-order valence-electron chi connectivity index (χ1n) is 18.5. The van der Waals surface area contributed by atoms with Gasteiger partial charge in [-0.2, -0.15) is 0 Å². The van der Waals surface area contributed by atoms with Crippen LogP contribution in [-0.2, 0) is 31.9 Å². The van der Waals surface area contributed by atoms with Gasteiger partial charge in [0, 0.05) is 43.1 Å². The van der Waals surface area contributed by atoms with Gasteiger partial charge in [0.1, 0.15) is 0 Å². The number of aryl methyl sites for hydroxylation is 1. The maximum absolute atomic E-state index is 6.27. The summed E-state index contributed by atoms with van der Waals surface area (Å²) < 4.78 is 8.47. The molecule has 0 fully saturated rings. The zero-order valence-corrected chi connectivity index (χ0v) is 36.1. The summed E-state index contributed by atoms with van der Waals surface area (Å²) in [6.07, 6.45) is 3.24. The molecule has 4 heterocycles. The molecule has 0 amide bonds. The standard InChI is InChI=1S/C29H24N3O.C18H24NSi.Ir/c1-18-12-17-22-21-8-7-9-23(26(21)33-28(22)30-18)27-31-24-10-5-6-11-25(24)32(27)20-15-13-19(14-16-20)29(2,3)4;1-14(2)11-16-12-17(15-9-7-6-8-10-15)19-13-18(16)20(3,4)5;/h5-8,10-17H,1-4H3;6-9,12-14H,11H2,1-5H3;/q2*-1;. The van der Waals surface area contributed by atoms with Crippen LogP contribution in [0.25, 0.3) is 61.4 Å². The summed E-state index contributed by atoms with van der Waals surface area (Å²) in [7, 11) is -1.34. The molecule has 0 N–H and O–H groups in total. The molecule has 0 aliphatic carbocycles. The molecule has 0 spiro atoms. The van der Waals surface area contributed by atoms with Gasteiger partial charge in [0.2, 0.25) is 5.71 Å². The van der Waals surface area contributed by atoms with E-state index in [0.717, 1.165) is 67.8 Å². The van der Waals surface area contributed by atoms with Gasteiger partial charge in [0.15, 0.2) is 0 Å². The predicted molar refractivity (Wildman–Crippen MR) is 224 cm³/mol. The zero-order valence-electron chi connectivity index (χ0n) is 32.7. The average Bonchev–Trinajstić information content (AvgIpc) is 3.69. The summed E-state index contributed by atoms with van der Waals surface area (Å²) >= 11 is 0.